The van der Waals surface area contributed by atoms with Gasteiger partial charge in [0.2, 0.25) is 5.91 Å². The molecule has 2 atom stereocenters. The van der Waals surface area contributed by atoms with E-state index >= 15 is 0 Å². The van der Waals surface area contributed by atoms with Gasteiger partial charge in [-0.05, 0) is 57.6 Å². The summed E-state index contributed by atoms with van der Waals surface area (Å²) < 4.78 is 0. The van der Waals surface area contributed by atoms with Crippen molar-refractivity contribution in [3.8, 4) is 0 Å². The maximum absolute atomic E-state index is 12.8. The molecule has 5 nitrogen and oxygen atoms in total. The summed E-state index contributed by atoms with van der Waals surface area (Å²) in [5.41, 5.74) is 6.64. The van der Waals surface area contributed by atoms with Crippen LogP contribution < -0.4 is 11.1 Å². The summed E-state index contributed by atoms with van der Waals surface area (Å²) in [6.07, 6.45) is 5.37. The molecule has 0 bridgehead atoms. The Kier molecular flexibility index (Phi) is 5.74. The average Bonchev–Trinajstić information content (AvgIpc) is 2.62. The second kappa shape index (κ2) is 8.00. The van der Waals surface area contributed by atoms with Gasteiger partial charge in [-0.25, -0.2) is 0 Å². The van der Waals surface area contributed by atoms with Crippen molar-refractivity contribution in [3.63, 3.8) is 0 Å². The van der Waals surface area contributed by atoms with Crippen LogP contribution in [0.4, 0.5) is 0 Å². The first-order valence-corrected chi connectivity index (χ1v) is 9.46. The number of hydrogen-bond acceptors (Lipinski definition) is 3. The number of nitrogens with two attached hydrogens (primary N) is 1. The molecule has 0 aromatic heterocycles. The van der Waals surface area contributed by atoms with Crippen LogP contribution in [0.5, 0.6) is 0 Å². The smallest absolute Gasteiger partial charge is 0.251 e. The van der Waals surface area contributed by atoms with Crippen LogP contribution in [0.1, 0.15) is 55.8 Å². The lowest BCUT2D eigenvalue weighted by Crippen LogP contribution is -2.52. The standard InChI is InChI=1S/C20H29N3O2/c1-14-13-18(22-19(24)15-5-3-2-4-6-15)11-12-23(14)20(25)16-7-9-17(21)10-8-16/h2-6,14,16-18H,7-13,21H2,1H3,(H,22,24)/t14-,16?,17?,18-/m1/s1. The molecule has 1 aromatic carbocycles. The Morgan fingerprint density at radius 1 is 1.08 bits per heavy atom. The molecule has 0 unspecified atom stereocenters. The fraction of sp³-hybridized carbons (Fsp3) is 0.600. The number of likely N-dealkylation sites (tertiary alicyclic amines) is 1. The third-order valence-electron chi connectivity index (χ3n) is 5.65. The van der Waals surface area contributed by atoms with Crippen molar-refractivity contribution in [2.45, 2.75) is 63.6 Å². The quantitative estimate of drug-likeness (QED) is 0.884. The summed E-state index contributed by atoms with van der Waals surface area (Å²) in [7, 11) is 0. The summed E-state index contributed by atoms with van der Waals surface area (Å²) in [4.78, 5) is 27.1. The zero-order valence-corrected chi connectivity index (χ0v) is 15.0. The molecule has 25 heavy (non-hydrogen) atoms. The molecule has 3 rings (SSSR count). The third kappa shape index (κ3) is 4.40. The van der Waals surface area contributed by atoms with Crippen molar-refractivity contribution in [3.05, 3.63) is 35.9 Å². The Balaban J connectivity index is 1.52. The van der Waals surface area contributed by atoms with E-state index in [0.717, 1.165) is 45.1 Å². The van der Waals surface area contributed by atoms with Gasteiger partial charge in [0.1, 0.15) is 0 Å². The minimum absolute atomic E-state index is 0.0288. The minimum Gasteiger partial charge on any atom is -0.349 e. The number of amides is 2. The van der Waals surface area contributed by atoms with Crippen LogP contribution in [0.15, 0.2) is 30.3 Å². The maximum atomic E-state index is 12.8. The molecule has 0 spiro atoms. The van der Waals surface area contributed by atoms with E-state index in [9.17, 15) is 9.59 Å². The molecule has 2 aliphatic rings. The molecule has 1 heterocycles. The SMILES string of the molecule is C[C@@H]1C[C@H](NC(=O)c2ccccc2)CCN1C(=O)C1CCC(N)CC1. The molecule has 1 aliphatic carbocycles. The van der Waals surface area contributed by atoms with Crippen molar-refractivity contribution in [1.82, 2.24) is 10.2 Å². The van der Waals surface area contributed by atoms with Crippen LogP contribution in [0, 0.1) is 5.92 Å². The highest BCUT2D eigenvalue weighted by Crippen LogP contribution is 2.28. The molecule has 2 fully saturated rings. The van der Waals surface area contributed by atoms with E-state index in [4.69, 9.17) is 5.73 Å². The van der Waals surface area contributed by atoms with Crippen LogP contribution >= 0.6 is 0 Å². The topological polar surface area (TPSA) is 75.4 Å². The van der Waals surface area contributed by atoms with Crippen LogP contribution in [0.25, 0.3) is 0 Å². The fourth-order valence-corrected chi connectivity index (χ4v) is 4.09. The van der Waals surface area contributed by atoms with Crippen molar-refractivity contribution >= 4 is 11.8 Å². The third-order valence-corrected chi connectivity index (χ3v) is 5.65. The second-order valence-electron chi connectivity index (χ2n) is 7.55. The number of nitrogens with one attached hydrogen (secondary N) is 1. The summed E-state index contributed by atoms with van der Waals surface area (Å²) in [5, 5.41) is 3.12. The molecule has 1 saturated heterocycles. The minimum atomic E-state index is -0.0288. The number of nitrogens with zero attached hydrogens (tertiary/aromatic N) is 1. The molecule has 2 amide bonds. The van der Waals surface area contributed by atoms with Gasteiger partial charge in [0, 0.05) is 36.2 Å². The van der Waals surface area contributed by atoms with Gasteiger partial charge in [0.05, 0.1) is 0 Å². The van der Waals surface area contributed by atoms with Gasteiger partial charge in [-0.3, -0.25) is 9.59 Å². The van der Waals surface area contributed by atoms with E-state index in [0.29, 0.717) is 5.56 Å². The molecular weight excluding hydrogens is 314 g/mol. The highest BCUT2D eigenvalue weighted by atomic mass is 16.2. The Bertz CT molecular complexity index is 596. The Morgan fingerprint density at radius 2 is 1.76 bits per heavy atom. The number of carbonyl (C=O) groups excluding carboxylic acids is 2. The molecule has 0 radical (unpaired) electrons. The lowest BCUT2D eigenvalue weighted by Gasteiger charge is -2.40. The van der Waals surface area contributed by atoms with E-state index in [1.165, 1.54) is 0 Å². The summed E-state index contributed by atoms with van der Waals surface area (Å²) in [6.45, 7) is 2.82. The first-order chi connectivity index (χ1) is 12.0. The predicted molar refractivity (Wildman–Crippen MR) is 98.0 cm³/mol. The van der Waals surface area contributed by atoms with Gasteiger partial charge in [0.25, 0.3) is 5.91 Å². The zero-order valence-electron chi connectivity index (χ0n) is 15.0. The Hall–Kier alpha value is -1.88. The summed E-state index contributed by atoms with van der Waals surface area (Å²) in [5.74, 6) is 0.392. The van der Waals surface area contributed by atoms with E-state index in [1.54, 1.807) is 0 Å². The van der Waals surface area contributed by atoms with Gasteiger partial charge >= 0.3 is 0 Å². The molecule has 136 valence electrons. The fourth-order valence-electron chi connectivity index (χ4n) is 4.09. The predicted octanol–water partition coefficient (Wildman–Crippen LogP) is 2.31. The second-order valence-corrected chi connectivity index (χ2v) is 7.55. The van der Waals surface area contributed by atoms with E-state index in [1.807, 2.05) is 35.2 Å². The molecule has 1 saturated carbocycles. The van der Waals surface area contributed by atoms with E-state index in [-0.39, 0.29) is 35.9 Å². The van der Waals surface area contributed by atoms with Gasteiger partial charge in [0.15, 0.2) is 0 Å². The molecule has 5 heteroatoms. The zero-order chi connectivity index (χ0) is 17.8. The normalized spacial score (nSPS) is 29.9. The maximum Gasteiger partial charge on any atom is 0.251 e. The summed E-state index contributed by atoms with van der Waals surface area (Å²) >= 11 is 0. The monoisotopic (exact) mass is 343 g/mol. The molecule has 1 aliphatic heterocycles. The molecule has 3 N–H and O–H groups in total. The average molecular weight is 343 g/mol. The van der Waals surface area contributed by atoms with Crippen LogP contribution in [-0.2, 0) is 4.79 Å². The first-order valence-electron chi connectivity index (χ1n) is 9.46. The van der Waals surface area contributed by atoms with Crippen LogP contribution in [0.2, 0.25) is 0 Å². The number of rotatable bonds is 3. The van der Waals surface area contributed by atoms with E-state index < -0.39 is 0 Å². The van der Waals surface area contributed by atoms with Crippen molar-refractivity contribution in [2.75, 3.05) is 6.54 Å². The number of hydrogen-bond donors (Lipinski definition) is 2. The Morgan fingerprint density at radius 3 is 2.40 bits per heavy atom. The Labute approximate surface area is 150 Å². The van der Waals surface area contributed by atoms with Crippen LogP contribution in [-0.4, -0.2) is 41.4 Å². The van der Waals surface area contributed by atoms with Crippen molar-refractivity contribution < 1.29 is 9.59 Å². The van der Waals surface area contributed by atoms with Crippen molar-refractivity contribution in [1.29, 1.82) is 0 Å². The van der Waals surface area contributed by atoms with Gasteiger partial charge < -0.3 is 16.0 Å². The molecular formula is C20H29N3O2. The highest BCUT2D eigenvalue weighted by Gasteiger charge is 2.34. The van der Waals surface area contributed by atoms with Gasteiger partial charge in [-0.1, -0.05) is 18.2 Å². The van der Waals surface area contributed by atoms with Gasteiger partial charge in [-0.15, -0.1) is 0 Å². The lowest BCUT2D eigenvalue weighted by molar-refractivity contribution is -0.140. The summed E-state index contributed by atoms with van der Waals surface area (Å²) in [6, 6.07) is 9.85. The first kappa shape index (κ1) is 17.9. The highest BCUT2D eigenvalue weighted by molar-refractivity contribution is 5.94. The largest absolute Gasteiger partial charge is 0.349 e. The number of piperidine rings is 1. The number of benzene rings is 1. The molecule has 1 aromatic rings. The lowest BCUT2D eigenvalue weighted by atomic mass is 9.84. The van der Waals surface area contributed by atoms with Gasteiger partial charge in [-0.2, -0.15) is 0 Å². The van der Waals surface area contributed by atoms with Crippen molar-refractivity contribution in [2.24, 2.45) is 11.7 Å². The van der Waals surface area contributed by atoms with Crippen LogP contribution in [0.3, 0.4) is 0 Å². The van der Waals surface area contributed by atoms with E-state index in [2.05, 4.69) is 12.2 Å². The number of carbonyl (C=O) groups is 2.